The number of H-pyrrole nitrogens is 1. The molecule has 0 spiro atoms. The van der Waals surface area contributed by atoms with Crippen molar-refractivity contribution in [2.45, 2.75) is 19.9 Å². The molecule has 2 rings (SSSR count). The molecule has 0 amide bonds. The zero-order valence-electron chi connectivity index (χ0n) is 11.3. The Bertz CT molecular complexity index is 481. The molecule has 0 fully saturated rings. The van der Waals surface area contributed by atoms with E-state index in [4.69, 9.17) is 5.11 Å². The van der Waals surface area contributed by atoms with E-state index in [-0.39, 0.29) is 6.61 Å². The first-order valence-electron chi connectivity index (χ1n) is 6.70. The van der Waals surface area contributed by atoms with Crippen molar-refractivity contribution in [2.24, 2.45) is 5.92 Å². The van der Waals surface area contributed by atoms with Crippen LogP contribution < -0.4 is 5.32 Å². The SMILES string of the molecule is CC(CCO)CNCc1cn[nH]c1-c1ccccc1. The predicted octanol–water partition coefficient (Wildman–Crippen LogP) is 2.18. The van der Waals surface area contributed by atoms with Crippen LogP contribution in [-0.4, -0.2) is 28.5 Å². The predicted molar refractivity (Wildman–Crippen MR) is 76.6 cm³/mol. The van der Waals surface area contributed by atoms with Crippen molar-refractivity contribution in [3.8, 4) is 11.3 Å². The van der Waals surface area contributed by atoms with Crippen LogP contribution in [0.25, 0.3) is 11.3 Å². The topological polar surface area (TPSA) is 60.9 Å². The van der Waals surface area contributed by atoms with Gasteiger partial charge in [-0.15, -0.1) is 0 Å². The van der Waals surface area contributed by atoms with Crippen LogP contribution in [-0.2, 0) is 6.54 Å². The summed E-state index contributed by atoms with van der Waals surface area (Å²) in [6.07, 6.45) is 2.70. The van der Waals surface area contributed by atoms with E-state index in [1.165, 1.54) is 5.56 Å². The molecule has 0 aliphatic carbocycles. The average Bonchev–Trinajstić information content (AvgIpc) is 2.88. The molecule has 1 aromatic carbocycles. The van der Waals surface area contributed by atoms with Gasteiger partial charge < -0.3 is 10.4 Å². The van der Waals surface area contributed by atoms with Crippen molar-refractivity contribution >= 4 is 0 Å². The maximum absolute atomic E-state index is 8.87. The molecule has 0 radical (unpaired) electrons. The number of benzene rings is 1. The zero-order valence-corrected chi connectivity index (χ0v) is 11.3. The van der Waals surface area contributed by atoms with Gasteiger partial charge >= 0.3 is 0 Å². The lowest BCUT2D eigenvalue weighted by molar-refractivity contribution is 0.260. The summed E-state index contributed by atoms with van der Waals surface area (Å²) in [4.78, 5) is 0. The molecule has 2 aromatic rings. The number of rotatable bonds is 7. The van der Waals surface area contributed by atoms with Crippen LogP contribution in [0, 0.1) is 5.92 Å². The van der Waals surface area contributed by atoms with Crippen molar-refractivity contribution in [2.75, 3.05) is 13.2 Å². The molecule has 0 saturated heterocycles. The van der Waals surface area contributed by atoms with Crippen LogP contribution in [0.2, 0.25) is 0 Å². The van der Waals surface area contributed by atoms with Crippen LogP contribution in [0.4, 0.5) is 0 Å². The van der Waals surface area contributed by atoms with Gasteiger partial charge in [0, 0.05) is 18.7 Å². The molecular weight excluding hydrogens is 238 g/mol. The van der Waals surface area contributed by atoms with E-state index in [1.807, 2.05) is 24.4 Å². The number of aliphatic hydroxyl groups excluding tert-OH is 1. The van der Waals surface area contributed by atoms with Crippen molar-refractivity contribution < 1.29 is 5.11 Å². The van der Waals surface area contributed by atoms with E-state index in [9.17, 15) is 0 Å². The minimum atomic E-state index is 0.254. The van der Waals surface area contributed by atoms with Crippen LogP contribution in [0.15, 0.2) is 36.5 Å². The molecular formula is C15H21N3O. The summed E-state index contributed by atoms with van der Waals surface area (Å²) in [5, 5.41) is 19.5. The van der Waals surface area contributed by atoms with Crippen molar-refractivity contribution in [3.63, 3.8) is 0 Å². The first-order chi connectivity index (χ1) is 9.31. The Labute approximate surface area is 113 Å². The Morgan fingerprint density at radius 2 is 2.11 bits per heavy atom. The molecule has 0 bridgehead atoms. The van der Waals surface area contributed by atoms with Gasteiger partial charge in [-0.1, -0.05) is 37.3 Å². The van der Waals surface area contributed by atoms with Crippen LogP contribution in [0.3, 0.4) is 0 Å². The van der Waals surface area contributed by atoms with E-state index in [1.54, 1.807) is 0 Å². The van der Waals surface area contributed by atoms with E-state index in [0.29, 0.717) is 5.92 Å². The number of hydrogen-bond acceptors (Lipinski definition) is 3. The monoisotopic (exact) mass is 259 g/mol. The van der Waals surface area contributed by atoms with E-state index in [2.05, 4.69) is 34.6 Å². The maximum Gasteiger partial charge on any atom is 0.0695 e. The third-order valence-electron chi connectivity index (χ3n) is 3.21. The molecule has 1 aromatic heterocycles. The van der Waals surface area contributed by atoms with E-state index in [0.717, 1.165) is 30.8 Å². The maximum atomic E-state index is 8.87. The summed E-state index contributed by atoms with van der Waals surface area (Å²) < 4.78 is 0. The molecule has 1 unspecified atom stereocenters. The number of aromatic nitrogens is 2. The second-order valence-corrected chi connectivity index (χ2v) is 4.88. The third kappa shape index (κ3) is 3.91. The minimum Gasteiger partial charge on any atom is -0.396 e. The second-order valence-electron chi connectivity index (χ2n) is 4.88. The summed E-state index contributed by atoms with van der Waals surface area (Å²) >= 11 is 0. The molecule has 1 atom stereocenters. The third-order valence-corrected chi connectivity index (χ3v) is 3.21. The zero-order chi connectivity index (χ0) is 13.5. The van der Waals surface area contributed by atoms with Gasteiger partial charge in [0.15, 0.2) is 0 Å². The highest BCUT2D eigenvalue weighted by molar-refractivity contribution is 5.62. The quantitative estimate of drug-likeness (QED) is 0.714. The summed E-state index contributed by atoms with van der Waals surface area (Å²) in [5.41, 5.74) is 3.39. The summed E-state index contributed by atoms with van der Waals surface area (Å²) in [7, 11) is 0. The largest absolute Gasteiger partial charge is 0.396 e. The van der Waals surface area contributed by atoms with Gasteiger partial charge in [0.1, 0.15) is 0 Å². The Hall–Kier alpha value is -1.65. The smallest absolute Gasteiger partial charge is 0.0695 e. The number of nitrogens with zero attached hydrogens (tertiary/aromatic N) is 1. The molecule has 0 aliphatic heterocycles. The van der Waals surface area contributed by atoms with Gasteiger partial charge in [-0.25, -0.2) is 0 Å². The number of nitrogens with one attached hydrogen (secondary N) is 2. The Morgan fingerprint density at radius 3 is 2.84 bits per heavy atom. The summed E-state index contributed by atoms with van der Waals surface area (Å²) in [6.45, 7) is 4.08. The number of aliphatic hydroxyl groups is 1. The average molecular weight is 259 g/mol. The minimum absolute atomic E-state index is 0.254. The Balaban J connectivity index is 1.94. The molecule has 0 saturated carbocycles. The molecule has 4 heteroatoms. The van der Waals surface area contributed by atoms with Gasteiger partial charge in [-0.05, 0) is 24.4 Å². The fraction of sp³-hybridized carbons (Fsp3) is 0.400. The first-order valence-corrected chi connectivity index (χ1v) is 6.70. The molecule has 1 heterocycles. The highest BCUT2D eigenvalue weighted by Crippen LogP contribution is 2.20. The fourth-order valence-corrected chi connectivity index (χ4v) is 2.08. The van der Waals surface area contributed by atoms with Gasteiger partial charge in [0.25, 0.3) is 0 Å². The molecule has 19 heavy (non-hydrogen) atoms. The standard InChI is InChI=1S/C15H21N3O/c1-12(7-8-19)9-16-10-14-11-17-18-15(14)13-5-3-2-4-6-13/h2-6,11-12,16,19H,7-10H2,1H3,(H,17,18). The van der Waals surface area contributed by atoms with Gasteiger partial charge in [-0.3, -0.25) is 5.10 Å². The Morgan fingerprint density at radius 1 is 1.32 bits per heavy atom. The van der Waals surface area contributed by atoms with Crippen LogP contribution in [0.5, 0.6) is 0 Å². The highest BCUT2D eigenvalue weighted by Gasteiger charge is 2.07. The van der Waals surface area contributed by atoms with Crippen molar-refractivity contribution in [1.29, 1.82) is 0 Å². The number of aromatic amines is 1. The van der Waals surface area contributed by atoms with Gasteiger partial charge in [-0.2, -0.15) is 5.10 Å². The highest BCUT2D eigenvalue weighted by atomic mass is 16.3. The lowest BCUT2D eigenvalue weighted by Gasteiger charge is -2.11. The fourth-order valence-electron chi connectivity index (χ4n) is 2.08. The normalized spacial score (nSPS) is 12.5. The van der Waals surface area contributed by atoms with Crippen molar-refractivity contribution in [3.05, 3.63) is 42.1 Å². The molecule has 0 aliphatic rings. The Kier molecular flexibility index (Phi) is 5.12. The lowest BCUT2D eigenvalue weighted by Crippen LogP contribution is -2.21. The van der Waals surface area contributed by atoms with E-state index >= 15 is 0 Å². The summed E-state index contributed by atoms with van der Waals surface area (Å²) in [5.74, 6) is 0.483. The van der Waals surface area contributed by atoms with Crippen LogP contribution >= 0.6 is 0 Å². The van der Waals surface area contributed by atoms with Gasteiger partial charge in [0.05, 0.1) is 11.9 Å². The second kappa shape index (κ2) is 7.07. The lowest BCUT2D eigenvalue weighted by atomic mass is 10.1. The van der Waals surface area contributed by atoms with Gasteiger partial charge in [0.2, 0.25) is 0 Å². The van der Waals surface area contributed by atoms with E-state index < -0.39 is 0 Å². The summed E-state index contributed by atoms with van der Waals surface area (Å²) in [6, 6.07) is 10.2. The first kappa shape index (κ1) is 13.8. The van der Waals surface area contributed by atoms with Crippen molar-refractivity contribution in [1.82, 2.24) is 15.5 Å². The molecule has 3 N–H and O–H groups in total. The molecule has 4 nitrogen and oxygen atoms in total. The van der Waals surface area contributed by atoms with Crippen LogP contribution in [0.1, 0.15) is 18.9 Å². The number of hydrogen-bond donors (Lipinski definition) is 3. The molecule has 102 valence electrons.